The van der Waals surface area contributed by atoms with Crippen molar-refractivity contribution >= 4 is 38.4 Å². The van der Waals surface area contributed by atoms with Crippen LogP contribution in [0.4, 0.5) is 0 Å². The SMILES string of the molecule is C[Si](C)(C)C([SiH](O)c1ccccc1)([Si](C)(C)C)[Si](C)(C)C. The summed E-state index contributed by atoms with van der Waals surface area (Å²) in [5.41, 5.74) is 0. The molecule has 0 saturated carbocycles. The predicted octanol–water partition coefficient (Wildman–Crippen LogP) is 3.98. The molecule has 0 bridgehead atoms. The van der Waals surface area contributed by atoms with E-state index in [1.807, 2.05) is 0 Å². The fraction of sp³-hybridized carbons (Fsp3) is 0.625. The van der Waals surface area contributed by atoms with Crippen molar-refractivity contribution in [1.29, 1.82) is 0 Å². The molecule has 120 valence electrons. The second-order valence-electron chi connectivity index (χ2n) is 9.37. The Labute approximate surface area is 136 Å². The molecule has 1 aromatic rings. The molecule has 0 amide bonds. The average Bonchev–Trinajstić information content (AvgIpc) is 2.24. The van der Waals surface area contributed by atoms with Gasteiger partial charge >= 0.3 is 0 Å². The molecule has 0 saturated heterocycles. The van der Waals surface area contributed by atoms with Crippen molar-refractivity contribution < 1.29 is 4.80 Å². The monoisotopic (exact) mass is 354 g/mol. The Morgan fingerprint density at radius 1 is 0.714 bits per heavy atom. The maximum atomic E-state index is 11.7. The fourth-order valence-electron chi connectivity index (χ4n) is 5.49. The van der Waals surface area contributed by atoms with Crippen LogP contribution in [-0.4, -0.2) is 38.1 Å². The highest BCUT2D eigenvalue weighted by atomic mass is 28.5. The van der Waals surface area contributed by atoms with Crippen molar-refractivity contribution in [1.82, 2.24) is 0 Å². The molecule has 1 rings (SSSR count). The molecule has 1 unspecified atom stereocenters. The third-order valence-corrected chi connectivity index (χ3v) is 37.8. The zero-order valence-electron chi connectivity index (χ0n) is 15.4. The van der Waals surface area contributed by atoms with Crippen LogP contribution in [0.3, 0.4) is 0 Å². The van der Waals surface area contributed by atoms with E-state index in [0.717, 1.165) is 0 Å². The van der Waals surface area contributed by atoms with E-state index in [0.29, 0.717) is 0 Å². The summed E-state index contributed by atoms with van der Waals surface area (Å²) in [5, 5.41) is 1.25. The molecule has 0 radical (unpaired) electrons. The van der Waals surface area contributed by atoms with Gasteiger partial charge in [-0.25, -0.2) is 0 Å². The van der Waals surface area contributed by atoms with E-state index in [1.54, 1.807) is 0 Å². The standard InChI is InChI=1S/C16H34OSi4/c1-19(2,3)16(20(4,5)6,21(7,8)9)18(17)15-13-11-10-12-14-15/h10-14,17-18H,1-9H3. The van der Waals surface area contributed by atoms with E-state index in [4.69, 9.17) is 0 Å². The summed E-state index contributed by atoms with van der Waals surface area (Å²) in [6.07, 6.45) is 0. The molecule has 5 heteroatoms. The van der Waals surface area contributed by atoms with E-state index in [1.165, 1.54) is 5.19 Å². The van der Waals surface area contributed by atoms with Gasteiger partial charge in [0, 0.05) is 24.2 Å². The molecule has 21 heavy (non-hydrogen) atoms. The van der Waals surface area contributed by atoms with Gasteiger partial charge in [0.2, 0.25) is 9.04 Å². The number of rotatable bonds is 5. The van der Waals surface area contributed by atoms with E-state index in [9.17, 15) is 4.80 Å². The Morgan fingerprint density at radius 3 is 1.33 bits per heavy atom. The van der Waals surface area contributed by atoms with E-state index in [2.05, 4.69) is 89.3 Å². The van der Waals surface area contributed by atoms with Crippen LogP contribution in [0.1, 0.15) is 0 Å². The first kappa shape index (κ1) is 19.1. The summed E-state index contributed by atoms with van der Waals surface area (Å²) in [6, 6.07) is 10.6. The van der Waals surface area contributed by atoms with E-state index < -0.39 is 33.3 Å². The molecule has 1 nitrogen and oxygen atoms in total. The van der Waals surface area contributed by atoms with Crippen molar-refractivity contribution in [3.05, 3.63) is 30.3 Å². The van der Waals surface area contributed by atoms with Gasteiger partial charge in [-0.1, -0.05) is 89.3 Å². The topological polar surface area (TPSA) is 20.2 Å². The molecular formula is C16H34OSi4. The van der Waals surface area contributed by atoms with Crippen LogP contribution in [0.25, 0.3) is 0 Å². The van der Waals surface area contributed by atoms with E-state index >= 15 is 0 Å². The predicted molar refractivity (Wildman–Crippen MR) is 108 cm³/mol. The Kier molecular flexibility index (Phi) is 5.38. The summed E-state index contributed by atoms with van der Waals surface area (Å²) >= 11 is 0. The number of hydrogen-bond acceptors (Lipinski definition) is 1. The molecule has 0 spiro atoms. The summed E-state index contributed by atoms with van der Waals surface area (Å²) in [5.74, 6) is 0. The zero-order chi connectivity index (χ0) is 16.7. The van der Waals surface area contributed by atoms with Crippen molar-refractivity contribution in [2.75, 3.05) is 0 Å². The van der Waals surface area contributed by atoms with Crippen LogP contribution in [0.2, 0.25) is 62.8 Å². The lowest BCUT2D eigenvalue weighted by atomic mass is 10.4. The lowest BCUT2D eigenvalue weighted by Crippen LogP contribution is -2.74. The highest BCUT2D eigenvalue weighted by Crippen LogP contribution is 2.54. The Morgan fingerprint density at radius 2 is 1.05 bits per heavy atom. The van der Waals surface area contributed by atoms with Gasteiger partial charge in [0.05, 0.1) is 0 Å². The summed E-state index contributed by atoms with van der Waals surface area (Å²) in [7, 11) is -6.56. The van der Waals surface area contributed by atoms with Gasteiger partial charge in [-0.2, -0.15) is 0 Å². The minimum atomic E-state index is -2.00. The summed E-state index contributed by atoms with van der Waals surface area (Å²) in [4.78, 5) is 11.7. The second-order valence-corrected chi connectivity index (χ2v) is 30.8. The van der Waals surface area contributed by atoms with Crippen LogP contribution < -0.4 is 5.19 Å². The molecule has 1 atom stereocenters. The molecule has 0 heterocycles. The van der Waals surface area contributed by atoms with Crippen LogP contribution in [0.15, 0.2) is 30.3 Å². The highest BCUT2D eigenvalue weighted by Gasteiger charge is 2.64. The first-order valence-electron chi connectivity index (χ1n) is 8.00. The molecule has 0 aliphatic rings. The van der Waals surface area contributed by atoms with Crippen molar-refractivity contribution in [3.8, 4) is 0 Å². The second kappa shape index (κ2) is 5.92. The first-order valence-corrected chi connectivity index (χ1v) is 20.2. The normalized spacial score (nSPS) is 15.9. The van der Waals surface area contributed by atoms with Gasteiger partial charge in [-0.3, -0.25) is 0 Å². The zero-order valence-corrected chi connectivity index (χ0v) is 19.6. The quantitative estimate of drug-likeness (QED) is 0.793. The minimum Gasteiger partial charge on any atom is -0.431 e. The van der Waals surface area contributed by atoms with Gasteiger partial charge in [-0.15, -0.1) is 0 Å². The van der Waals surface area contributed by atoms with Crippen LogP contribution in [0, 0.1) is 0 Å². The molecule has 0 fully saturated rings. The summed E-state index contributed by atoms with van der Waals surface area (Å²) < 4.78 is 0.286. The van der Waals surface area contributed by atoms with E-state index in [-0.39, 0.29) is 3.91 Å². The molecule has 0 aliphatic heterocycles. The molecule has 0 aromatic heterocycles. The Hall–Kier alpha value is 0.0475. The third kappa shape index (κ3) is 3.22. The lowest BCUT2D eigenvalue weighted by Gasteiger charge is -2.60. The minimum absolute atomic E-state index is 0.286. The van der Waals surface area contributed by atoms with Crippen molar-refractivity contribution in [3.63, 3.8) is 0 Å². The molecule has 1 N–H and O–H groups in total. The lowest BCUT2D eigenvalue weighted by molar-refractivity contribution is 0.579. The molecule has 1 aromatic carbocycles. The summed E-state index contributed by atoms with van der Waals surface area (Å²) in [6.45, 7) is 22.5. The maximum Gasteiger partial charge on any atom is 0.202 e. The van der Waals surface area contributed by atoms with Crippen molar-refractivity contribution in [2.45, 2.75) is 62.8 Å². The Balaban J connectivity index is 3.67. The van der Waals surface area contributed by atoms with Crippen molar-refractivity contribution in [2.24, 2.45) is 0 Å². The van der Waals surface area contributed by atoms with Gasteiger partial charge < -0.3 is 4.80 Å². The number of benzene rings is 1. The highest BCUT2D eigenvalue weighted by molar-refractivity contribution is 7.26. The maximum absolute atomic E-state index is 11.7. The van der Waals surface area contributed by atoms with Crippen LogP contribution >= 0.6 is 0 Å². The van der Waals surface area contributed by atoms with Gasteiger partial charge in [0.15, 0.2) is 0 Å². The van der Waals surface area contributed by atoms with Gasteiger partial charge in [-0.05, 0) is 9.09 Å². The molecular weight excluding hydrogens is 321 g/mol. The first-order chi connectivity index (χ1) is 9.27. The van der Waals surface area contributed by atoms with Crippen LogP contribution in [-0.2, 0) is 0 Å². The largest absolute Gasteiger partial charge is 0.431 e. The van der Waals surface area contributed by atoms with Gasteiger partial charge in [0.1, 0.15) is 0 Å². The smallest absolute Gasteiger partial charge is 0.202 e. The van der Waals surface area contributed by atoms with Gasteiger partial charge in [0.25, 0.3) is 0 Å². The third-order valence-electron chi connectivity index (χ3n) is 5.07. The molecule has 0 aliphatic carbocycles. The average molecular weight is 355 g/mol. The van der Waals surface area contributed by atoms with Crippen LogP contribution in [0.5, 0.6) is 0 Å². The Bertz CT molecular complexity index is 430. The number of hydrogen-bond donors (Lipinski definition) is 1. The fourth-order valence-corrected chi connectivity index (χ4v) is 44.9.